The van der Waals surface area contributed by atoms with Gasteiger partial charge in [0.1, 0.15) is 12.1 Å². The van der Waals surface area contributed by atoms with Crippen molar-refractivity contribution in [2.24, 2.45) is 0 Å². The van der Waals surface area contributed by atoms with Crippen LogP contribution in [-0.4, -0.2) is 82.9 Å². The average Bonchev–Trinajstić information content (AvgIpc) is 3.59. The normalized spacial score (nSPS) is 17.3. The van der Waals surface area contributed by atoms with Crippen molar-refractivity contribution >= 4 is 53.5 Å². The molecule has 0 saturated heterocycles. The van der Waals surface area contributed by atoms with E-state index in [0.29, 0.717) is 20.3 Å². The largest absolute Gasteiger partial charge is 0.480 e. The van der Waals surface area contributed by atoms with E-state index in [1.807, 2.05) is 24.3 Å². The van der Waals surface area contributed by atoms with Crippen molar-refractivity contribution in [3.8, 4) is 22.3 Å². The zero-order valence-electron chi connectivity index (χ0n) is 42.1. The standard InChI is InChI=1S/C58H48F6N4O10S2/c59-57(60,61)43-21-11-19-39(29-43)51-41(27-37-17-9-15-35-13-3-5-23-45(35)37)31-49(69)67-47(55(71)72)33-65(79(75,76)53(51)67)25-7-1-2-8-26-66-34-48(56(73)74)68-50(70)32-42(28-38-18-10-16-36-14-4-6-24-46(36)38)52(54(68)80(66,77)78)40-20-12-22-44(30-40)58(62,63)64/h3-6,9-24,29-32,47-48H,1-2,7-8,25-28,33-34H2,(H,71,72)(H,73,74). The monoisotopic (exact) mass is 1140 g/mol. The third-order valence-corrected chi connectivity index (χ3v) is 18.5. The van der Waals surface area contributed by atoms with Crippen LogP contribution in [0.25, 0.3) is 43.8 Å². The first-order valence-electron chi connectivity index (χ1n) is 25.3. The summed E-state index contributed by atoms with van der Waals surface area (Å²) in [6, 6.07) is 31.2. The van der Waals surface area contributed by atoms with E-state index in [4.69, 9.17) is 0 Å². The van der Waals surface area contributed by atoms with Gasteiger partial charge in [-0.15, -0.1) is 0 Å². The highest BCUT2D eigenvalue weighted by Crippen LogP contribution is 2.43. The molecule has 2 aliphatic heterocycles. The van der Waals surface area contributed by atoms with E-state index >= 15 is 0 Å². The maximum Gasteiger partial charge on any atom is 0.416 e. The lowest BCUT2D eigenvalue weighted by atomic mass is 9.93. The highest BCUT2D eigenvalue weighted by molar-refractivity contribution is 7.89. The minimum absolute atomic E-state index is 0.0182. The molecular formula is C58H48F6N4O10S2. The van der Waals surface area contributed by atoms with E-state index in [1.165, 1.54) is 12.1 Å². The lowest BCUT2D eigenvalue weighted by Gasteiger charge is -2.35. The van der Waals surface area contributed by atoms with Crippen molar-refractivity contribution in [3.63, 3.8) is 0 Å². The van der Waals surface area contributed by atoms with Gasteiger partial charge in [-0.3, -0.25) is 18.7 Å². The summed E-state index contributed by atoms with van der Waals surface area (Å²) in [5, 5.41) is 22.5. The molecular weight excluding hydrogens is 1090 g/mol. The number of alkyl halides is 6. The van der Waals surface area contributed by atoms with E-state index in [9.17, 15) is 72.6 Å². The number of hydrogen-bond donors (Lipinski definition) is 2. The van der Waals surface area contributed by atoms with Gasteiger partial charge in [0.15, 0.2) is 10.1 Å². The third-order valence-electron chi connectivity index (χ3n) is 14.7. The van der Waals surface area contributed by atoms with Gasteiger partial charge in [-0.2, -0.15) is 35.0 Å². The molecule has 2 aromatic heterocycles. The van der Waals surface area contributed by atoms with Crippen LogP contribution in [0, 0.1) is 0 Å². The first kappa shape index (κ1) is 55.4. The van der Waals surface area contributed by atoms with Crippen LogP contribution in [0.3, 0.4) is 0 Å². The van der Waals surface area contributed by atoms with Gasteiger partial charge in [0.25, 0.3) is 31.2 Å². The van der Waals surface area contributed by atoms with Crippen LogP contribution >= 0.6 is 0 Å². The molecule has 0 spiro atoms. The summed E-state index contributed by atoms with van der Waals surface area (Å²) >= 11 is 0. The molecule has 0 radical (unpaired) electrons. The van der Waals surface area contributed by atoms with E-state index in [1.54, 1.807) is 60.7 Å². The summed E-state index contributed by atoms with van der Waals surface area (Å²) in [6.07, 6.45) is -9.65. The molecule has 14 nitrogen and oxygen atoms in total. The fourth-order valence-corrected chi connectivity index (χ4v) is 14.9. The van der Waals surface area contributed by atoms with Crippen LogP contribution < -0.4 is 11.1 Å². The minimum Gasteiger partial charge on any atom is -0.480 e. The van der Waals surface area contributed by atoms with Crippen molar-refractivity contribution in [3.05, 3.63) is 200 Å². The Kier molecular flexibility index (Phi) is 14.7. The molecule has 0 aliphatic carbocycles. The Hall–Kier alpha value is -7.92. The van der Waals surface area contributed by atoms with Crippen molar-refractivity contribution in [2.75, 3.05) is 26.2 Å². The van der Waals surface area contributed by atoms with Gasteiger partial charge in [0, 0.05) is 49.4 Å². The average molecular weight is 1140 g/mol. The topological polar surface area (TPSA) is 193 Å². The number of pyridine rings is 2. The summed E-state index contributed by atoms with van der Waals surface area (Å²) < 4.78 is 148. The van der Waals surface area contributed by atoms with Crippen LogP contribution in [0.1, 0.15) is 71.1 Å². The highest BCUT2D eigenvalue weighted by Gasteiger charge is 2.46. The lowest BCUT2D eigenvalue weighted by molar-refractivity contribution is -0.142. The Balaban J connectivity index is 0.950. The number of aliphatic carboxylic acids is 2. The van der Waals surface area contributed by atoms with Gasteiger partial charge in [-0.05, 0) is 105 Å². The zero-order valence-corrected chi connectivity index (χ0v) is 43.7. The van der Waals surface area contributed by atoms with Gasteiger partial charge in [0.2, 0.25) is 0 Å². The second-order valence-electron chi connectivity index (χ2n) is 19.8. The zero-order chi connectivity index (χ0) is 57.1. The second kappa shape index (κ2) is 21.3. The number of halogens is 6. The van der Waals surface area contributed by atoms with Crippen molar-refractivity contribution in [1.29, 1.82) is 0 Å². The molecule has 414 valence electrons. The Labute approximate surface area is 453 Å². The molecule has 0 bridgehead atoms. The van der Waals surface area contributed by atoms with Gasteiger partial charge in [0.05, 0.1) is 11.1 Å². The number of unbranched alkanes of at least 4 members (excludes halogenated alkanes) is 3. The number of fused-ring (bicyclic) bond motifs is 4. The quantitative estimate of drug-likeness (QED) is 0.0737. The number of rotatable bonds is 15. The lowest BCUT2D eigenvalue weighted by Crippen LogP contribution is -2.50. The molecule has 2 N–H and O–H groups in total. The smallest absolute Gasteiger partial charge is 0.416 e. The molecule has 0 amide bonds. The number of sulfonamides is 2. The Morgan fingerprint density at radius 1 is 0.475 bits per heavy atom. The van der Waals surface area contributed by atoms with Crippen molar-refractivity contribution < 1.29 is 63.0 Å². The van der Waals surface area contributed by atoms with Gasteiger partial charge in [-0.25, -0.2) is 26.4 Å². The van der Waals surface area contributed by atoms with Crippen LogP contribution in [0.5, 0.6) is 0 Å². The number of carbonyl (C=O) groups is 2. The molecule has 4 heterocycles. The molecule has 22 heteroatoms. The fourth-order valence-electron chi connectivity index (χ4n) is 11.0. The predicted octanol–water partition coefficient (Wildman–Crippen LogP) is 10.4. The van der Waals surface area contributed by atoms with Gasteiger partial charge < -0.3 is 10.2 Å². The first-order valence-corrected chi connectivity index (χ1v) is 28.1. The molecule has 0 fully saturated rings. The van der Waals surface area contributed by atoms with Crippen LogP contribution in [0.4, 0.5) is 26.3 Å². The minimum atomic E-state index is -4.88. The Morgan fingerprint density at radius 3 is 1.21 bits per heavy atom. The summed E-state index contributed by atoms with van der Waals surface area (Å²) in [7, 11) is -9.76. The molecule has 0 saturated carbocycles. The van der Waals surface area contributed by atoms with E-state index in [-0.39, 0.29) is 85.0 Å². The van der Waals surface area contributed by atoms with Crippen molar-refractivity contribution in [1.82, 2.24) is 17.7 Å². The molecule has 6 aromatic carbocycles. The van der Waals surface area contributed by atoms with Crippen LogP contribution in [0.2, 0.25) is 0 Å². The summed E-state index contributed by atoms with van der Waals surface area (Å²) in [5.41, 5.74) is -4.04. The number of nitrogens with zero attached hydrogens (tertiary/aromatic N) is 4. The number of carboxylic acids is 2. The number of carboxylic acid groups (broad SMARTS) is 2. The summed E-state index contributed by atoms with van der Waals surface area (Å²) in [5.74, 6) is -3.18. The highest BCUT2D eigenvalue weighted by atomic mass is 32.2. The van der Waals surface area contributed by atoms with E-state index in [0.717, 1.165) is 78.7 Å². The maximum absolute atomic E-state index is 15.0. The Morgan fingerprint density at radius 2 is 0.838 bits per heavy atom. The van der Waals surface area contributed by atoms with Gasteiger partial charge in [-0.1, -0.05) is 122 Å². The van der Waals surface area contributed by atoms with Crippen molar-refractivity contribution in [2.45, 2.75) is 73.0 Å². The molecule has 8 aromatic rings. The third kappa shape index (κ3) is 10.4. The van der Waals surface area contributed by atoms with E-state index in [2.05, 4.69) is 0 Å². The Bertz CT molecular complexity index is 3890. The molecule has 10 rings (SSSR count). The summed E-state index contributed by atoms with van der Waals surface area (Å²) in [4.78, 5) is 54.1. The first-order chi connectivity index (χ1) is 37.9. The maximum atomic E-state index is 15.0. The summed E-state index contributed by atoms with van der Waals surface area (Å²) in [6.45, 7) is -2.16. The van der Waals surface area contributed by atoms with Crippen LogP contribution in [0.15, 0.2) is 165 Å². The van der Waals surface area contributed by atoms with Gasteiger partial charge >= 0.3 is 24.3 Å². The number of benzene rings is 6. The molecule has 2 atom stereocenters. The van der Waals surface area contributed by atoms with Crippen LogP contribution in [-0.2, 0) is 54.8 Å². The molecule has 2 aliphatic rings. The number of aromatic nitrogens is 2. The number of hydrogen-bond acceptors (Lipinski definition) is 8. The fraction of sp³-hybridized carbons (Fsp3) is 0.241. The predicted molar refractivity (Wildman–Crippen MR) is 285 cm³/mol. The molecule has 80 heavy (non-hydrogen) atoms. The SMILES string of the molecule is O=C(O)C1CN(CCCCCCN2CC(C(=O)O)n3c(c(-c4cccc(C(F)(F)F)c4)c(Cc4cccc5ccccc45)cc3=O)S2(=O)=O)S(=O)(=O)c2c(-c3cccc(C(F)(F)F)c3)c(Cc3cccc4ccccc34)cc(=O)n21. The van der Waals surface area contributed by atoms with E-state index < -0.39 is 102 Å². The molecule has 2 unspecified atom stereocenters. The second-order valence-corrected chi connectivity index (χ2v) is 23.5.